The van der Waals surface area contributed by atoms with Crippen molar-refractivity contribution in [2.45, 2.75) is 24.2 Å². The average molecular weight is 327 g/mol. The van der Waals surface area contributed by atoms with Crippen LogP contribution in [0.15, 0.2) is 41.6 Å². The first-order chi connectivity index (χ1) is 11.1. The number of thioether (sulfide) groups is 1. The van der Waals surface area contributed by atoms with E-state index in [-0.39, 0.29) is 11.8 Å². The summed E-state index contributed by atoms with van der Waals surface area (Å²) in [6.07, 6.45) is 4.88. The molecule has 2 aliphatic rings. The highest BCUT2D eigenvalue weighted by Crippen LogP contribution is 2.49. The Balaban J connectivity index is 1.58. The van der Waals surface area contributed by atoms with Crippen LogP contribution in [-0.2, 0) is 11.8 Å². The van der Waals surface area contributed by atoms with E-state index in [4.69, 9.17) is 0 Å². The van der Waals surface area contributed by atoms with Crippen LogP contribution >= 0.6 is 11.8 Å². The zero-order valence-corrected chi connectivity index (χ0v) is 14.3. The topological polar surface area (TPSA) is 38.1 Å². The molecule has 23 heavy (non-hydrogen) atoms. The minimum atomic E-state index is 0.113. The highest BCUT2D eigenvalue weighted by Gasteiger charge is 2.47. The second kappa shape index (κ2) is 5.71. The molecule has 0 N–H and O–H groups in total. The van der Waals surface area contributed by atoms with Gasteiger partial charge in [-0.3, -0.25) is 9.48 Å². The van der Waals surface area contributed by atoms with Crippen molar-refractivity contribution in [3.63, 3.8) is 0 Å². The van der Waals surface area contributed by atoms with Crippen LogP contribution in [0, 0.1) is 11.8 Å². The zero-order valence-electron chi connectivity index (χ0n) is 13.5. The van der Waals surface area contributed by atoms with Gasteiger partial charge < -0.3 is 4.90 Å². The van der Waals surface area contributed by atoms with Gasteiger partial charge in [0, 0.05) is 36.4 Å². The number of fused-ring (bicyclic) bond motifs is 1. The molecule has 2 aromatic rings. The predicted octanol–water partition coefficient (Wildman–Crippen LogP) is 3.30. The van der Waals surface area contributed by atoms with E-state index in [2.05, 4.69) is 30.2 Å². The van der Waals surface area contributed by atoms with Crippen molar-refractivity contribution in [1.29, 1.82) is 0 Å². The summed E-state index contributed by atoms with van der Waals surface area (Å²) in [6, 6.07) is 8.30. The molecule has 3 atom stereocenters. The monoisotopic (exact) mass is 327 g/mol. The van der Waals surface area contributed by atoms with Gasteiger partial charge in [0.05, 0.1) is 11.9 Å². The third-order valence-corrected chi connectivity index (χ3v) is 6.09. The Morgan fingerprint density at radius 2 is 2.17 bits per heavy atom. The summed E-state index contributed by atoms with van der Waals surface area (Å²) in [4.78, 5) is 16.4. The van der Waals surface area contributed by atoms with E-state index in [9.17, 15) is 4.79 Å². The number of aromatic nitrogens is 2. The summed E-state index contributed by atoms with van der Waals surface area (Å²) in [7, 11) is 1.92. The molecule has 4 nitrogen and oxygen atoms in total. The van der Waals surface area contributed by atoms with Crippen LogP contribution in [0.5, 0.6) is 0 Å². The lowest BCUT2D eigenvalue weighted by molar-refractivity contribution is -0.120. The van der Waals surface area contributed by atoms with Crippen molar-refractivity contribution in [1.82, 2.24) is 9.78 Å². The molecule has 1 fully saturated rings. The fourth-order valence-corrected chi connectivity index (χ4v) is 4.44. The number of carbonyl (C=O) groups is 1. The fraction of sp³-hybridized carbons (Fsp3) is 0.444. The maximum absolute atomic E-state index is 13.1. The van der Waals surface area contributed by atoms with Gasteiger partial charge in [-0.1, -0.05) is 19.1 Å². The van der Waals surface area contributed by atoms with Gasteiger partial charge in [0.2, 0.25) is 5.91 Å². The Labute approximate surface area is 140 Å². The summed E-state index contributed by atoms with van der Waals surface area (Å²) in [5, 5.41) is 4.24. The lowest BCUT2D eigenvalue weighted by Gasteiger charge is -2.24. The largest absolute Gasteiger partial charge is 0.311 e. The van der Waals surface area contributed by atoms with E-state index in [1.165, 1.54) is 10.5 Å². The predicted molar refractivity (Wildman–Crippen MR) is 92.7 cm³/mol. The lowest BCUT2D eigenvalue weighted by Crippen LogP contribution is -2.36. The van der Waals surface area contributed by atoms with E-state index >= 15 is 0 Å². The van der Waals surface area contributed by atoms with Gasteiger partial charge in [0.1, 0.15) is 0 Å². The molecule has 2 heterocycles. The summed E-state index contributed by atoms with van der Waals surface area (Å²) >= 11 is 1.86. The SMILES string of the molecule is C[C@@H]1CSc2ccccc2N(C(=O)[C@@H]2C[C@H]2c2cnn(C)c2)C1. The number of nitrogens with zero attached hydrogens (tertiary/aromatic N) is 3. The molecule has 5 heteroatoms. The highest BCUT2D eigenvalue weighted by molar-refractivity contribution is 7.99. The van der Waals surface area contributed by atoms with Crippen LogP contribution in [0.4, 0.5) is 5.69 Å². The molecule has 1 aromatic carbocycles. The molecule has 0 bridgehead atoms. The third-order valence-electron chi connectivity index (χ3n) is 4.70. The first-order valence-corrected chi connectivity index (χ1v) is 9.14. The van der Waals surface area contributed by atoms with Crippen LogP contribution < -0.4 is 4.90 Å². The third kappa shape index (κ3) is 2.78. The normalized spacial score (nSPS) is 26.5. The Morgan fingerprint density at radius 3 is 2.96 bits per heavy atom. The first kappa shape index (κ1) is 14.8. The molecule has 1 aliphatic carbocycles. The second-order valence-electron chi connectivity index (χ2n) is 6.73. The summed E-state index contributed by atoms with van der Waals surface area (Å²) in [5.41, 5.74) is 2.28. The molecule has 1 saturated carbocycles. The molecule has 1 aliphatic heterocycles. The Kier molecular flexibility index (Phi) is 3.68. The molecule has 0 radical (unpaired) electrons. The second-order valence-corrected chi connectivity index (χ2v) is 7.79. The minimum Gasteiger partial charge on any atom is -0.311 e. The molecule has 0 saturated heterocycles. The first-order valence-electron chi connectivity index (χ1n) is 8.15. The molecular formula is C18H21N3OS. The smallest absolute Gasteiger partial charge is 0.230 e. The van der Waals surface area contributed by atoms with E-state index in [1.54, 1.807) is 0 Å². The van der Waals surface area contributed by atoms with E-state index in [0.717, 1.165) is 24.4 Å². The summed E-state index contributed by atoms with van der Waals surface area (Å²) in [6.45, 7) is 3.05. The van der Waals surface area contributed by atoms with Crippen LogP contribution in [0.1, 0.15) is 24.8 Å². The van der Waals surface area contributed by atoms with E-state index in [0.29, 0.717) is 11.8 Å². The quantitative estimate of drug-likeness (QED) is 0.849. The van der Waals surface area contributed by atoms with Crippen LogP contribution in [0.3, 0.4) is 0 Å². The molecular weight excluding hydrogens is 306 g/mol. The van der Waals surface area contributed by atoms with Gasteiger partial charge in [-0.15, -0.1) is 11.8 Å². The lowest BCUT2D eigenvalue weighted by atomic mass is 10.1. The van der Waals surface area contributed by atoms with E-state index < -0.39 is 0 Å². The van der Waals surface area contributed by atoms with Crippen molar-refractivity contribution in [2.75, 3.05) is 17.2 Å². The number of benzene rings is 1. The Morgan fingerprint density at radius 1 is 1.35 bits per heavy atom. The minimum absolute atomic E-state index is 0.113. The number of anilines is 1. The van der Waals surface area contributed by atoms with Crippen LogP contribution in [0.2, 0.25) is 0 Å². The van der Waals surface area contributed by atoms with Gasteiger partial charge in [-0.25, -0.2) is 0 Å². The average Bonchev–Trinajstić information content (AvgIpc) is 3.27. The van der Waals surface area contributed by atoms with Crippen molar-refractivity contribution in [2.24, 2.45) is 18.9 Å². The standard InChI is InChI=1S/C18H21N3OS/c1-12-9-21(16-5-3-4-6-17(16)23-11-12)18(22)15-7-14(15)13-8-19-20(2)10-13/h3-6,8,10,12,14-15H,7,9,11H2,1-2H3/t12-,14-,15+/m0/s1. The maximum Gasteiger partial charge on any atom is 0.230 e. The Bertz CT molecular complexity index is 741. The maximum atomic E-state index is 13.1. The number of para-hydroxylation sites is 1. The van der Waals surface area contributed by atoms with Gasteiger partial charge in [0.25, 0.3) is 0 Å². The highest BCUT2D eigenvalue weighted by atomic mass is 32.2. The number of aryl methyl sites for hydroxylation is 1. The molecule has 120 valence electrons. The fourth-order valence-electron chi connectivity index (χ4n) is 3.37. The van der Waals surface area contributed by atoms with Gasteiger partial charge in [-0.05, 0) is 36.0 Å². The van der Waals surface area contributed by atoms with Crippen LogP contribution in [0.25, 0.3) is 0 Å². The molecule has 4 rings (SSSR count). The van der Waals surface area contributed by atoms with Crippen molar-refractivity contribution in [3.05, 3.63) is 42.2 Å². The van der Waals surface area contributed by atoms with Crippen molar-refractivity contribution >= 4 is 23.4 Å². The summed E-state index contributed by atoms with van der Waals surface area (Å²) in [5.74, 6) is 2.31. The number of hydrogen-bond donors (Lipinski definition) is 0. The summed E-state index contributed by atoms with van der Waals surface area (Å²) < 4.78 is 1.81. The van der Waals surface area contributed by atoms with Crippen molar-refractivity contribution < 1.29 is 4.79 Å². The number of amides is 1. The van der Waals surface area contributed by atoms with Gasteiger partial charge >= 0.3 is 0 Å². The van der Waals surface area contributed by atoms with Gasteiger partial charge in [-0.2, -0.15) is 5.10 Å². The number of hydrogen-bond acceptors (Lipinski definition) is 3. The molecule has 1 amide bonds. The molecule has 1 aromatic heterocycles. The van der Waals surface area contributed by atoms with E-state index in [1.807, 2.05) is 46.9 Å². The molecule has 0 unspecified atom stereocenters. The van der Waals surface area contributed by atoms with Crippen molar-refractivity contribution in [3.8, 4) is 0 Å². The number of carbonyl (C=O) groups excluding carboxylic acids is 1. The Hall–Kier alpha value is -1.75. The zero-order chi connectivity index (χ0) is 16.0. The molecule has 0 spiro atoms. The number of rotatable bonds is 2. The van der Waals surface area contributed by atoms with Crippen LogP contribution in [-0.4, -0.2) is 28.0 Å². The van der Waals surface area contributed by atoms with Gasteiger partial charge in [0.15, 0.2) is 0 Å².